The summed E-state index contributed by atoms with van der Waals surface area (Å²) in [6.07, 6.45) is 0. The third-order valence-corrected chi connectivity index (χ3v) is 5.28. The maximum absolute atomic E-state index is 11.1. The molecule has 3 rings (SSSR count). The molecule has 0 radical (unpaired) electrons. The van der Waals surface area contributed by atoms with Gasteiger partial charge in [0.15, 0.2) is 11.5 Å². The monoisotopic (exact) mass is 359 g/mol. The van der Waals surface area contributed by atoms with Crippen molar-refractivity contribution in [1.29, 1.82) is 0 Å². The van der Waals surface area contributed by atoms with Crippen LogP contribution in [0.25, 0.3) is 0 Å². The first-order valence-corrected chi connectivity index (χ1v) is 9.16. The third kappa shape index (κ3) is 4.46. The molecular weight excluding hydrogens is 338 g/mol. The Hall–Kier alpha value is -2.18. The minimum Gasteiger partial charge on any atom is -0.490 e. The van der Waals surface area contributed by atoms with Gasteiger partial charge in [-0.1, -0.05) is 36.4 Å². The van der Waals surface area contributed by atoms with Gasteiger partial charge in [0.25, 0.3) is 0 Å². The van der Waals surface area contributed by atoms with E-state index < -0.39 is 11.2 Å². The zero-order valence-electron chi connectivity index (χ0n) is 14.0. The lowest BCUT2D eigenvalue weighted by molar-refractivity contribution is -0.136. The predicted octanol–water partition coefficient (Wildman–Crippen LogP) is 3.45. The van der Waals surface area contributed by atoms with E-state index in [2.05, 4.69) is 5.32 Å². The molecule has 0 bridgehead atoms. The molecule has 1 aliphatic heterocycles. The van der Waals surface area contributed by atoms with Crippen molar-refractivity contribution in [2.75, 3.05) is 13.2 Å². The van der Waals surface area contributed by atoms with Gasteiger partial charge in [-0.3, -0.25) is 10.1 Å². The van der Waals surface area contributed by atoms with E-state index in [1.165, 1.54) is 11.8 Å². The molecule has 6 heteroatoms. The van der Waals surface area contributed by atoms with Crippen molar-refractivity contribution in [3.8, 4) is 11.5 Å². The fraction of sp³-hybridized carbons (Fsp3) is 0.316. The SMILES string of the molecule is CCOc1cc([C@@H]2NC[C@H](C(=O)O)S2)ccc1OCc1ccccc1. The number of nitrogens with one attached hydrogen (secondary N) is 1. The molecule has 1 heterocycles. The van der Waals surface area contributed by atoms with Crippen molar-refractivity contribution in [3.05, 3.63) is 59.7 Å². The molecule has 5 nitrogen and oxygen atoms in total. The van der Waals surface area contributed by atoms with Crippen molar-refractivity contribution in [2.45, 2.75) is 24.2 Å². The van der Waals surface area contributed by atoms with Crippen LogP contribution >= 0.6 is 11.8 Å². The van der Waals surface area contributed by atoms with Gasteiger partial charge in [0, 0.05) is 6.54 Å². The van der Waals surface area contributed by atoms with E-state index in [-0.39, 0.29) is 5.37 Å². The minimum atomic E-state index is -0.784. The van der Waals surface area contributed by atoms with Gasteiger partial charge in [-0.15, -0.1) is 11.8 Å². The average Bonchev–Trinajstić information content (AvgIpc) is 3.12. The Bertz CT molecular complexity index is 723. The normalized spacial score (nSPS) is 19.6. The van der Waals surface area contributed by atoms with Gasteiger partial charge in [-0.25, -0.2) is 0 Å². The summed E-state index contributed by atoms with van der Waals surface area (Å²) in [6.45, 7) is 3.39. The van der Waals surface area contributed by atoms with Crippen molar-refractivity contribution in [3.63, 3.8) is 0 Å². The number of benzene rings is 2. The molecule has 1 fully saturated rings. The van der Waals surface area contributed by atoms with E-state index in [0.717, 1.165) is 11.1 Å². The Morgan fingerprint density at radius 1 is 1.20 bits per heavy atom. The Kier molecular flexibility index (Phi) is 5.83. The van der Waals surface area contributed by atoms with Gasteiger partial charge < -0.3 is 14.6 Å². The zero-order chi connectivity index (χ0) is 17.6. The predicted molar refractivity (Wildman–Crippen MR) is 98.1 cm³/mol. The summed E-state index contributed by atoms with van der Waals surface area (Å²) in [6, 6.07) is 15.7. The fourth-order valence-corrected chi connectivity index (χ4v) is 3.76. The standard InChI is InChI=1S/C19H21NO4S/c1-2-23-16-10-14(18-20-11-17(25-18)19(21)22)8-9-15(16)24-12-13-6-4-3-5-7-13/h3-10,17-18,20H,2,11-12H2,1H3,(H,21,22)/t17-,18-/m1/s1. The molecule has 0 saturated carbocycles. The number of aliphatic carboxylic acids is 1. The lowest BCUT2D eigenvalue weighted by Crippen LogP contribution is -2.21. The molecule has 0 aliphatic carbocycles. The highest BCUT2D eigenvalue weighted by atomic mass is 32.2. The Morgan fingerprint density at radius 2 is 2.00 bits per heavy atom. The van der Waals surface area contributed by atoms with Gasteiger partial charge in [0.2, 0.25) is 0 Å². The van der Waals surface area contributed by atoms with Crippen molar-refractivity contribution in [1.82, 2.24) is 5.32 Å². The van der Waals surface area contributed by atoms with Crippen LogP contribution in [0.4, 0.5) is 0 Å². The van der Waals surface area contributed by atoms with Crippen LogP contribution in [0.2, 0.25) is 0 Å². The first-order valence-electron chi connectivity index (χ1n) is 8.22. The van der Waals surface area contributed by atoms with Crippen LogP contribution in [0, 0.1) is 0 Å². The molecule has 25 heavy (non-hydrogen) atoms. The molecule has 0 aromatic heterocycles. The van der Waals surface area contributed by atoms with Gasteiger partial charge >= 0.3 is 5.97 Å². The Balaban J connectivity index is 1.73. The number of ether oxygens (including phenoxy) is 2. The van der Waals surface area contributed by atoms with E-state index in [9.17, 15) is 4.79 Å². The maximum Gasteiger partial charge on any atom is 0.318 e. The molecule has 2 aromatic rings. The quantitative estimate of drug-likeness (QED) is 0.789. The van der Waals surface area contributed by atoms with E-state index in [4.69, 9.17) is 14.6 Å². The minimum absolute atomic E-state index is 0.0523. The van der Waals surface area contributed by atoms with E-state index in [1.54, 1.807) is 0 Å². The highest BCUT2D eigenvalue weighted by Gasteiger charge is 2.31. The molecule has 0 amide bonds. The largest absolute Gasteiger partial charge is 0.490 e. The lowest BCUT2D eigenvalue weighted by Gasteiger charge is -2.16. The lowest BCUT2D eigenvalue weighted by atomic mass is 10.2. The molecular formula is C19H21NO4S. The summed E-state index contributed by atoms with van der Waals surface area (Å²) >= 11 is 1.41. The summed E-state index contributed by atoms with van der Waals surface area (Å²) in [5.41, 5.74) is 2.08. The Labute approximate surface area is 151 Å². The first kappa shape index (κ1) is 17.6. The number of carboxylic acids is 1. The summed E-state index contributed by atoms with van der Waals surface area (Å²) in [5, 5.41) is 11.9. The second kappa shape index (κ2) is 8.27. The average molecular weight is 359 g/mol. The maximum atomic E-state index is 11.1. The number of hydrogen-bond acceptors (Lipinski definition) is 5. The van der Waals surface area contributed by atoms with E-state index >= 15 is 0 Å². The summed E-state index contributed by atoms with van der Waals surface area (Å²) in [7, 11) is 0. The summed E-state index contributed by atoms with van der Waals surface area (Å²) in [5.74, 6) is 0.581. The van der Waals surface area contributed by atoms with Crippen LogP contribution in [-0.2, 0) is 11.4 Å². The summed E-state index contributed by atoms with van der Waals surface area (Å²) < 4.78 is 11.6. The number of thioether (sulfide) groups is 1. The molecule has 132 valence electrons. The molecule has 0 unspecified atom stereocenters. The van der Waals surface area contributed by atoms with Crippen molar-refractivity contribution in [2.24, 2.45) is 0 Å². The van der Waals surface area contributed by atoms with Crippen LogP contribution < -0.4 is 14.8 Å². The molecule has 2 atom stereocenters. The second-order valence-electron chi connectivity index (χ2n) is 5.66. The molecule has 1 aliphatic rings. The number of hydrogen-bond donors (Lipinski definition) is 2. The second-order valence-corrected chi connectivity index (χ2v) is 6.98. The van der Waals surface area contributed by atoms with Crippen molar-refractivity contribution < 1.29 is 19.4 Å². The van der Waals surface area contributed by atoms with Gasteiger partial charge in [0.05, 0.1) is 12.0 Å². The zero-order valence-corrected chi connectivity index (χ0v) is 14.8. The van der Waals surface area contributed by atoms with Gasteiger partial charge in [-0.05, 0) is 30.2 Å². The van der Waals surface area contributed by atoms with Crippen molar-refractivity contribution >= 4 is 17.7 Å². The highest BCUT2D eigenvalue weighted by molar-refractivity contribution is 8.01. The van der Waals surface area contributed by atoms with Gasteiger partial charge in [-0.2, -0.15) is 0 Å². The number of rotatable bonds is 7. The molecule has 2 aromatic carbocycles. The van der Waals surface area contributed by atoms with Crippen LogP contribution in [0.3, 0.4) is 0 Å². The van der Waals surface area contributed by atoms with E-state index in [1.807, 2.05) is 55.5 Å². The topological polar surface area (TPSA) is 67.8 Å². The number of carbonyl (C=O) groups is 1. The molecule has 0 spiro atoms. The van der Waals surface area contributed by atoms with Crippen LogP contribution in [-0.4, -0.2) is 29.5 Å². The van der Waals surface area contributed by atoms with E-state index in [0.29, 0.717) is 31.3 Å². The van der Waals surface area contributed by atoms with Gasteiger partial charge in [0.1, 0.15) is 11.9 Å². The molecule has 1 saturated heterocycles. The highest BCUT2D eigenvalue weighted by Crippen LogP contribution is 2.39. The smallest absolute Gasteiger partial charge is 0.318 e. The third-order valence-electron chi connectivity index (χ3n) is 3.87. The van der Waals surface area contributed by atoms with Crippen LogP contribution in [0.1, 0.15) is 23.4 Å². The fourth-order valence-electron chi connectivity index (χ4n) is 2.63. The van der Waals surface area contributed by atoms with Crippen LogP contribution in [0.15, 0.2) is 48.5 Å². The molecule has 2 N–H and O–H groups in total. The summed E-state index contributed by atoms with van der Waals surface area (Å²) in [4.78, 5) is 11.1. The Morgan fingerprint density at radius 3 is 2.68 bits per heavy atom. The number of carboxylic acid groups (broad SMARTS) is 1. The first-order chi connectivity index (χ1) is 12.2. The van der Waals surface area contributed by atoms with Crippen LogP contribution in [0.5, 0.6) is 11.5 Å².